The molecule has 6 nitrogen and oxygen atoms in total. The van der Waals surface area contributed by atoms with Gasteiger partial charge in [-0.15, -0.1) is 0 Å². The average molecular weight is 223 g/mol. The van der Waals surface area contributed by atoms with Gasteiger partial charge in [-0.05, 0) is 26.7 Å². The van der Waals surface area contributed by atoms with E-state index in [4.69, 9.17) is 0 Å². The van der Waals surface area contributed by atoms with E-state index in [9.17, 15) is 4.79 Å². The molecule has 0 spiro atoms. The fourth-order valence-corrected chi connectivity index (χ4v) is 2.13. The maximum Gasteiger partial charge on any atom is 0.287 e. The summed E-state index contributed by atoms with van der Waals surface area (Å²) < 4.78 is 0. The van der Waals surface area contributed by atoms with Crippen molar-refractivity contribution in [3.63, 3.8) is 0 Å². The van der Waals surface area contributed by atoms with Crippen molar-refractivity contribution in [3.8, 4) is 0 Å². The summed E-state index contributed by atoms with van der Waals surface area (Å²) in [6, 6.07) is 0.749. The molecule has 1 aliphatic rings. The molecule has 2 rings (SSSR count). The molecule has 1 amide bonds. The van der Waals surface area contributed by atoms with Crippen molar-refractivity contribution in [3.05, 3.63) is 11.9 Å². The Balaban J connectivity index is 2.00. The van der Waals surface area contributed by atoms with Crippen molar-refractivity contribution in [2.75, 3.05) is 0 Å². The fourth-order valence-electron chi connectivity index (χ4n) is 2.13. The largest absolute Gasteiger partial charge is 0.287 e. The maximum absolute atomic E-state index is 11.8. The SMILES string of the molecule is CC1CCCC(C)N1NC(=O)c1cn[nH]n1. The summed E-state index contributed by atoms with van der Waals surface area (Å²) >= 11 is 0. The number of nitrogens with zero attached hydrogens (tertiary/aromatic N) is 3. The van der Waals surface area contributed by atoms with Crippen LogP contribution >= 0.6 is 0 Å². The molecule has 1 fully saturated rings. The number of nitrogens with one attached hydrogen (secondary N) is 2. The van der Waals surface area contributed by atoms with Crippen LogP contribution in [-0.2, 0) is 0 Å². The Morgan fingerprint density at radius 1 is 1.50 bits per heavy atom. The van der Waals surface area contributed by atoms with E-state index in [1.807, 2.05) is 5.01 Å². The second-order valence-electron chi connectivity index (χ2n) is 4.33. The number of aromatic amines is 1. The van der Waals surface area contributed by atoms with Crippen molar-refractivity contribution in [1.29, 1.82) is 0 Å². The normalized spacial score (nSPS) is 26.6. The molecule has 6 heteroatoms. The van der Waals surface area contributed by atoms with Crippen LogP contribution in [0.15, 0.2) is 6.20 Å². The molecule has 1 saturated heterocycles. The van der Waals surface area contributed by atoms with Crippen LogP contribution in [0.25, 0.3) is 0 Å². The van der Waals surface area contributed by atoms with Crippen molar-refractivity contribution in [2.45, 2.75) is 45.2 Å². The van der Waals surface area contributed by atoms with Gasteiger partial charge in [0.2, 0.25) is 0 Å². The first-order valence-electron chi connectivity index (χ1n) is 5.63. The van der Waals surface area contributed by atoms with E-state index in [0.717, 1.165) is 12.8 Å². The number of amides is 1. The summed E-state index contributed by atoms with van der Waals surface area (Å²) in [4.78, 5) is 11.8. The van der Waals surface area contributed by atoms with E-state index in [2.05, 4.69) is 34.7 Å². The lowest BCUT2D eigenvalue weighted by molar-refractivity contribution is 0.0366. The molecule has 88 valence electrons. The van der Waals surface area contributed by atoms with Gasteiger partial charge in [-0.25, -0.2) is 5.01 Å². The van der Waals surface area contributed by atoms with Crippen molar-refractivity contribution in [1.82, 2.24) is 25.8 Å². The minimum Gasteiger partial charge on any atom is -0.283 e. The Labute approximate surface area is 94.4 Å². The molecule has 1 aromatic rings. The van der Waals surface area contributed by atoms with E-state index >= 15 is 0 Å². The molecule has 0 bridgehead atoms. The molecule has 0 aliphatic carbocycles. The number of carbonyl (C=O) groups excluding carboxylic acids is 1. The van der Waals surface area contributed by atoms with E-state index in [1.54, 1.807) is 0 Å². The Morgan fingerprint density at radius 2 is 2.19 bits per heavy atom. The third kappa shape index (κ3) is 2.21. The topological polar surface area (TPSA) is 73.9 Å². The van der Waals surface area contributed by atoms with Gasteiger partial charge in [0.25, 0.3) is 5.91 Å². The van der Waals surface area contributed by atoms with Gasteiger partial charge >= 0.3 is 0 Å². The first kappa shape index (κ1) is 11.1. The van der Waals surface area contributed by atoms with Gasteiger partial charge in [0.1, 0.15) is 0 Å². The smallest absolute Gasteiger partial charge is 0.283 e. The lowest BCUT2D eigenvalue weighted by atomic mass is 10.00. The first-order chi connectivity index (χ1) is 7.68. The molecular weight excluding hydrogens is 206 g/mol. The summed E-state index contributed by atoms with van der Waals surface area (Å²) in [5, 5.41) is 11.8. The average Bonchev–Trinajstić information content (AvgIpc) is 2.76. The number of H-pyrrole nitrogens is 1. The highest BCUT2D eigenvalue weighted by molar-refractivity contribution is 5.91. The highest BCUT2D eigenvalue weighted by Gasteiger charge is 2.26. The lowest BCUT2D eigenvalue weighted by Crippen LogP contribution is -2.54. The number of piperidine rings is 1. The minimum absolute atomic E-state index is 0.200. The van der Waals surface area contributed by atoms with Crippen LogP contribution in [0.3, 0.4) is 0 Å². The van der Waals surface area contributed by atoms with Crippen LogP contribution in [0.4, 0.5) is 0 Å². The lowest BCUT2D eigenvalue weighted by Gasteiger charge is -2.38. The highest BCUT2D eigenvalue weighted by Crippen LogP contribution is 2.20. The van der Waals surface area contributed by atoms with E-state index in [0.29, 0.717) is 17.8 Å². The summed E-state index contributed by atoms with van der Waals surface area (Å²) in [6.07, 6.45) is 4.88. The zero-order valence-electron chi connectivity index (χ0n) is 9.60. The Morgan fingerprint density at radius 3 is 2.75 bits per heavy atom. The Hall–Kier alpha value is -1.43. The summed E-state index contributed by atoms with van der Waals surface area (Å²) in [7, 11) is 0. The Kier molecular flexibility index (Phi) is 3.19. The molecular formula is C10H17N5O. The molecule has 2 unspecified atom stereocenters. The summed E-state index contributed by atoms with van der Waals surface area (Å²) in [6.45, 7) is 4.25. The van der Waals surface area contributed by atoms with E-state index in [1.165, 1.54) is 12.6 Å². The third-order valence-corrected chi connectivity index (χ3v) is 3.07. The predicted molar refractivity (Wildman–Crippen MR) is 58.5 cm³/mol. The quantitative estimate of drug-likeness (QED) is 0.774. The van der Waals surface area contributed by atoms with Gasteiger partial charge in [-0.2, -0.15) is 15.4 Å². The minimum atomic E-state index is -0.200. The molecule has 1 aromatic heterocycles. The van der Waals surface area contributed by atoms with Crippen LogP contribution in [0.5, 0.6) is 0 Å². The molecule has 0 aromatic carbocycles. The number of carbonyl (C=O) groups is 1. The van der Waals surface area contributed by atoms with Crippen molar-refractivity contribution < 1.29 is 4.79 Å². The number of aromatic nitrogens is 3. The van der Waals surface area contributed by atoms with Crippen LogP contribution < -0.4 is 5.43 Å². The van der Waals surface area contributed by atoms with E-state index in [-0.39, 0.29) is 5.91 Å². The van der Waals surface area contributed by atoms with Crippen molar-refractivity contribution >= 4 is 5.91 Å². The summed E-state index contributed by atoms with van der Waals surface area (Å²) in [5.41, 5.74) is 3.22. The van der Waals surface area contributed by atoms with Gasteiger partial charge < -0.3 is 0 Å². The first-order valence-corrected chi connectivity index (χ1v) is 5.63. The highest BCUT2D eigenvalue weighted by atomic mass is 16.2. The third-order valence-electron chi connectivity index (χ3n) is 3.07. The van der Waals surface area contributed by atoms with Gasteiger partial charge in [0.05, 0.1) is 6.20 Å². The molecule has 0 saturated carbocycles. The van der Waals surface area contributed by atoms with Crippen molar-refractivity contribution in [2.24, 2.45) is 0 Å². The van der Waals surface area contributed by atoms with Gasteiger partial charge in [-0.1, -0.05) is 6.42 Å². The molecule has 16 heavy (non-hydrogen) atoms. The van der Waals surface area contributed by atoms with Gasteiger partial charge in [0, 0.05) is 12.1 Å². The second kappa shape index (κ2) is 4.61. The Bertz CT molecular complexity index is 340. The second-order valence-corrected chi connectivity index (χ2v) is 4.33. The van der Waals surface area contributed by atoms with Gasteiger partial charge in [-0.3, -0.25) is 10.2 Å². The molecule has 0 radical (unpaired) electrons. The van der Waals surface area contributed by atoms with Crippen LogP contribution in [0, 0.1) is 0 Å². The molecule has 2 N–H and O–H groups in total. The monoisotopic (exact) mass is 223 g/mol. The standard InChI is InChI=1S/C10H17N5O/c1-7-4-3-5-8(2)15(7)13-10(16)9-6-11-14-12-9/h6-8H,3-5H2,1-2H3,(H,13,16)(H,11,12,14). The van der Waals surface area contributed by atoms with Crippen LogP contribution in [-0.4, -0.2) is 38.4 Å². The number of hydrogen-bond acceptors (Lipinski definition) is 4. The maximum atomic E-state index is 11.8. The fraction of sp³-hybridized carbons (Fsp3) is 0.700. The molecule has 2 atom stereocenters. The van der Waals surface area contributed by atoms with Crippen LogP contribution in [0.2, 0.25) is 0 Å². The van der Waals surface area contributed by atoms with E-state index < -0.39 is 0 Å². The number of hydrogen-bond donors (Lipinski definition) is 2. The van der Waals surface area contributed by atoms with Gasteiger partial charge in [0.15, 0.2) is 5.69 Å². The predicted octanol–water partition coefficient (Wildman–Crippen LogP) is 0.712. The number of rotatable bonds is 2. The molecule has 1 aliphatic heterocycles. The zero-order valence-corrected chi connectivity index (χ0v) is 9.60. The molecule has 2 heterocycles. The van der Waals surface area contributed by atoms with Crippen LogP contribution in [0.1, 0.15) is 43.6 Å². The number of hydrazine groups is 1. The summed E-state index contributed by atoms with van der Waals surface area (Å²) in [5.74, 6) is -0.200. The zero-order chi connectivity index (χ0) is 11.5.